The van der Waals surface area contributed by atoms with E-state index in [1.165, 1.54) is 0 Å². The molecule has 0 aliphatic carbocycles. The second-order valence-corrected chi connectivity index (χ2v) is 5.47. The molecule has 0 spiro atoms. The Morgan fingerprint density at radius 2 is 1.56 bits per heavy atom. The lowest BCUT2D eigenvalue weighted by molar-refractivity contribution is -0.144. The van der Waals surface area contributed by atoms with Crippen LogP contribution in [0.3, 0.4) is 0 Å². The summed E-state index contributed by atoms with van der Waals surface area (Å²) in [5.74, 6) is -1.53. The van der Waals surface area contributed by atoms with Crippen molar-refractivity contribution in [3.8, 4) is 0 Å². The van der Waals surface area contributed by atoms with Crippen LogP contribution in [0.15, 0.2) is 54.6 Å². The fourth-order valence-electron chi connectivity index (χ4n) is 2.30. The monoisotopic (exact) mass is 370 g/mol. The van der Waals surface area contributed by atoms with Gasteiger partial charge < -0.3 is 20.1 Å². The molecule has 7 nitrogen and oxygen atoms in total. The first-order chi connectivity index (χ1) is 13.0. The van der Waals surface area contributed by atoms with Gasteiger partial charge in [0, 0.05) is 11.3 Å². The van der Waals surface area contributed by atoms with Gasteiger partial charge in [0.1, 0.15) is 0 Å². The van der Waals surface area contributed by atoms with E-state index in [0.717, 1.165) is 0 Å². The summed E-state index contributed by atoms with van der Waals surface area (Å²) in [5.41, 5.74) is 1.21. The van der Waals surface area contributed by atoms with E-state index >= 15 is 0 Å². The summed E-state index contributed by atoms with van der Waals surface area (Å²) in [6, 6.07) is 15.0. The minimum absolute atomic E-state index is 0.168. The molecule has 0 aliphatic rings. The molecular weight excluding hydrogens is 348 g/mol. The first-order valence-corrected chi connectivity index (χ1v) is 8.61. The predicted octanol–water partition coefficient (Wildman–Crippen LogP) is 2.59. The summed E-state index contributed by atoms with van der Waals surface area (Å²) in [7, 11) is 0. The summed E-state index contributed by atoms with van der Waals surface area (Å²) in [6.45, 7) is 3.82. The van der Waals surface area contributed by atoms with E-state index < -0.39 is 24.0 Å². The van der Waals surface area contributed by atoms with Crippen molar-refractivity contribution in [1.82, 2.24) is 5.32 Å². The van der Waals surface area contributed by atoms with Crippen molar-refractivity contribution in [2.75, 3.05) is 18.5 Å². The van der Waals surface area contributed by atoms with Gasteiger partial charge in [-0.3, -0.25) is 4.79 Å². The molecule has 2 aromatic carbocycles. The molecule has 1 atom stereocenters. The van der Waals surface area contributed by atoms with Gasteiger partial charge in [0.2, 0.25) is 0 Å². The van der Waals surface area contributed by atoms with Crippen molar-refractivity contribution >= 4 is 23.5 Å². The van der Waals surface area contributed by atoms with Crippen molar-refractivity contribution < 1.29 is 23.9 Å². The van der Waals surface area contributed by atoms with Gasteiger partial charge in [0.15, 0.2) is 6.17 Å². The van der Waals surface area contributed by atoms with Gasteiger partial charge in [-0.05, 0) is 44.2 Å². The van der Waals surface area contributed by atoms with E-state index in [4.69, 9.17) is 9.47 Å². The third kappa shape index (κ3) is 5.85. The molecule has 1 unspecified atom stereocenters. The van der Waals surface area contributed by atoms with Crippen LogP contribution in [0.25, 0.3) is 0 Å². The number of hydrogen-bond acceptors (Lipinski definition) is 6. The van der Waals surface area contributed by atoms with Gasteiger partial charge in [0.05, 0.1) is 18.8 Å². The van der Waals surface area contributed by atoms with Gasteiger partial charge in [0.25, 0.3) is 5.91 Å². The maximum Gasteiger partial charge on any atom is 0.349 e. The predicted molar refractivity (Wildman–Crippen MR) is 100 cm³/mol. The molecule has 0 heterocycles. The first-order valence-electron chi connectivity index (χ1n) is 8.61. The van der Waals surface area contributed by atoms with Crippen LogP contribution in [0.1, 0.15) is 34.6 Å². The average molecular weight is 370 g/mol. The summed E-state index contributed by atoms with van der Waals surface area (Å²) in [6.07, 6.45) is -1.12. The normalized spacial score (nSPS) is 11.2. The van der Waals surface area contributed by atoms with E-state index in [0.29, 0.717) is 16.8 Å². The van der Waals surface area contributed by atoms with Crippen molar-refractivity contribution in [2.45, 2.75) is 20.0 Å². The molecule has 0 aliphatic heterocycles. The van der Waals surface area contributed by atoms with Crippen LogP contribution in [0, 0.1) is 0 Å². The van der Waals surface area contributed by atoms with Crippen LogP contribution in [0.2, 0.25) is 0 Å². The zero-order chi connectivity index (χ0) is 19.6. The molecular formula is C20H22N2O5. The third-order valence-corrected chi connectivity index (χ3v) is 3.52. The summed E-state index contributed by atoms with van der Waals surface area (Å²) in [5, 5.41) is 5.49. The molecule has 0 bridgehead atoms. The number of hydrogen-bond donors (Lipinski definition) is 2. The van der Waals surface area contributed by atoms with Gasteiger partial charge in [-0.25, -0.2) is 9.59 Å². The molecule has 2 rings (SSSR count). The number of carbonyl (C=O) groups excluding carboxylic acids is 3. The Hall–Kier alpha value is -3.35. The number of anilines is 1. The Morgan fingerprint density at radius 1 is 0.889 bits per heavy atom. The van der Waals surface area contributed by atoms with E-state index in [2.05, 4.69) is 10.6 Å². The molecule has 142 valence electrons. The second-order valence-electron chi connectivity index (χ2n) is 5.47. The lowest BCUT2D eigenvalue weighted by atomic mass is 10.2. The van der Waals surface area contributed by atoms with Crippen molar-refractivity contribution in [2.24, 2.45) is 0 Å². The lowest BCUT2D eigenvalue weighted by Crippen LogP contribution is -2.47. The number of esters is 2. The zero-order valence-corrected chi connectivity index (χ0v) is 15.2. The minimum atomic E-state index is -1.12. The number of carbonyl (C=O) groups is 3. The van der Waals surface area contributed by atoms with Crippen LogP contribution in [0.5, 0.6) is 0 Å². The fraction of sp³-hybridized carbons (Fsp3) is 0.250. The average Bonchev–Trinajstić information content (AvgIpc) is 2.68. The molecule has 2 aromatic rings. The molecule has 27 heavy (non-hydrogen) atoms. The third-order valence-electron chi connectivity index (χ3n) is 3.52. The van der Waals surface area contributed by atoms with Crippen LogP contribution < -0.4 is 10.6 Å². The van der Waals surface area contributed by atoms with Gasteiger partial charge in [-0.2, -0.15) is 0 Å². The second kappa shape index (κ2) is 9.96. The Morgan fingerprint density at radius 3 is 2.22 bits per heavy atom. The Balaban J connectivity index is 2.17. The van der Waals surface area contributed by atoms with Crippen molar-refractivity contribution in [3.63, 3.8) is 0 Å². The molecule has 7 heteroatoms. The number of amides is 1. The van der Waals surface area contributed by atoms with Crippen molar-refractivity contribution in [1.29, 1.82) is 0 Å². The highest BCUT2D eigenvalue weighted by Gasteiger charge is 2.23. The Labute approximate surface area is 157 Å². The van der Waals surface area contributed by atoms with Gasteiger partial charge >= 0.3 is 11.9 Å². The lowest BCUT2D eigenvalue weighted by Gasteiger charge is -2.20. The molecule has 0 saturated carbocycles. The zero-order valence-electron chi connectivity index (χ0n) is 15.2. The fourth-order valence-corrected chi connectivity index (χ4v) is 2.30. The standard InChI is InChI=1S/C20H22N2O5/c1-3-26-19(24)15-11-8-12-16(13-15)21-17(20(25)27-4-2)22-18(23)14-9-6-5-7-10-14/h5-13,17,21H,3-4H2,1-2H3,(H,22,23). The topological polar surface area (TPSA) is 93.7 Å². The van der Waals surface area contributed by atoms with E-state index in [1.54, 1.807) is 68.4 Å². The van der Waals surface area contributed by atoms with Gasteiger partial charge in [-0.1, -0.05) is 24.3 Å². The van der Waals surface area contributed by atoms with Crippen molar-refractivity contribution in [3.05, 3.63) is 65.7 Å². The molecule has 0 saturated heterocycles. The summed E-state index contributed by atoms with van der Waals surface area (Å²) in [4.78, 5) is 36.5. The number of ether oxygens (including phenoxy) is 2. The summed E-state index contributed by atoms with van der Waals surface area (Å²) < 4.78 is 9.99. The highest BCUT2D eigenvalue weighted by molar-refractivity contribution is 5.97. The van der Waals surface area contributed by atoms with Crippen LogP contribution >= 0.6 is 0 Å². The SMILES string of the molecule is CCOC(=O)c1cccc(NC(NC(=O)c2ccccc2)C(=O)OCC)c1. The largest absolute Gasteiger partial charge is 0.463 e. The van der Waals surface area contributed by atoms with E-state index in [9.17, 15) is 14.4 Å². The molecule has 0 aromatic heterocycles. The van der Waals surface area contributed by atoms with Crippen LogP contribution in [0.4, 0.5) is 5.69 Å². The first kappa shape index (κ1) is 20.0. The number of rotatable bonds is 8. The van der Waals surface area contributed by atoms with Gasteiger partial charge in [-0.15, -0.1) is 0 Å². The number of nitrogens with one attached hydrogen (secondary N) is 2. The van der Waals surface area contributed by atoms with Crippen LogP contribution in [-0.2, 0) is 14.3 Å². The molecule has 1 amide bonds. The maximum atomic E-state index is 12.4. The Kier molecular flexibility index (Phi) is 7.37. The molecule has 0 fully saturated rings. The molecule has 2 N–H and O–H groups in total. The minimum Gasteiger partial charge on any atom is -0.463 e. The smallest absolute Gasteiger partial charge is 0.349 e. The maximum absolute atomic E-state index is 12.4. The Bertz CT molecular complexity index is 792. The van der Waals surface area contributed by atoms with E-state index in [-0.39, 0.29) is 13.2 Å². The van der Waals surface area contributed by atoms with E-state index in [1.807, 2.05) is 0 Å². The summed E-state index contributed by atoms with van der Waals surface area (Å²) >= 11 is 0. The highest BCUT2D eigenvalue weighted by atomic mass is 16.5. The highest BCUT2D eigenvalue weighted by Crippen LogP contribution is 2.13. The quantitative estimate of drug-likeness (QED) is 0.548. The number of benzene rings is 2. The molecule has 0 radical (unpaired) electrons. The van der Waals surface area contributed by atoms with Crippen LogP contribution in [-0.4, -0.2) is 37.2 Å².